The number of hydrogen-bond acceptors (Lipinski definition) is 3. The standard InChI is InChI=1S/C44H76N2O3/c1-5-7-9-11-13-15-17-19-21-23-25-27-29-31-33-45-37-43(41(47)35-39(45)3)49-44-38-46(40(4)36-42(44)48)34-32-30-28-26-24-22-20-18-16-14-12-10-8-6-2/h35-38H,5-34H2,1-4H3. The van der Waals surface area contributed by atoms with E-state index in [2.05, 4.69) is 23.0 Å². The molecule has 2 aromatic heterocycles. The lowest BCUT2D eigenvalue weighted by molar-refractivity contribution is 0.449. The number of pyridine rings is 2. The Morgan fingerprint density at radius 1 is 0.408 bits per heavy atom. The molecule has 0 unspecified atom stereocenters. The van der Waals surface area contributed by atoms with Crippen molar-refractivity contribution in [3.05, 3.63) is 56.4 Å². The maximum atomic E-state index is 12.8. The van der Waals surface area contributed by atoms with Crippen LogP contribution in [0, 0.1) is 13.8 Å². The number of unbranched alkanes of at least 4 members (excludes halogenated alkanes) is 26. The molecule has 0 saturated heterocycles. The van der Waals surface area contributed by atoms with Crippen LogP contribution in [0.5, 0.6) is 11.5 Å². The second-order valence-electron chi connectivity index (χ2n) is 15.0. The summed E-state index contributed by atoms with van der Waals surface area (Å²) in [7, 11) is 0. The Morgan fingerprint density at radius 2 is 0.653 bits per heavy atom. The van der Waals surface area contributed by atoms with Gasteiger partial charge in [-0.25, -0.2) is 0 Å². The molecular formula is C44H76N2O3. The summed E-state index contributed by atoms with van der Waals surface area (Å²) >= 11 is 0. The first-order chi connectivity index (χ1) is 24.0. The molecule has 0 fully saturated rings. The SMILES string of the molecule is CCCCCCCCCCCCCCCCn1cc(Oc2cn(CCCCCCCCCCCCCCCC)c(C)cc2=O)c(=O)cc1C. The Labute approximate surface area is 301 Å². The van der Waals surface area contributed by atoms with Crippen LogP contribution in [0.2, 0.25) is 0 Å². The maximum absolute atomic E-state index is 12.8. The van der Waals surface area contributed by atoms with Crippen molar-refractivity contribution in [1.29, 1.82) is 0 Å². The minimum atomic E-state index is -0.173. The number of aromatic nitrogens is 2. The summed E-state index contributed by atoms with van der Waals surface area (Å²) < 4.78 is 10.2. The predicted octanol–water partition coefficient (Wildman–Crippen LogP) is 13.4. The molecule has 2 aromatic rings. The van der Waals surface area contributed by atoms with Crippen molar-refractivity contribution in [1.82, 2.24) is 9.13 Å². The fourth-order valence-corrected chi connectivity index (χ4v) is 7.01. The highest BCUT2D eigenvalue weighted by Gasteiger charge is 2.11. The van der Waals surface area contributed by atoms with Crippen LogP contribution < -0.4 is 15.6 Å². The summed E-state index contributed by atoms with van der Waals surface area (Å²) in [5.41, 5.74) is 1.53. The first-order valence-corrected chi connectivity index (χ1v) is 21.1. The zero-order valence-electron chi connectivity index (χ0n) is 32.6. The van der Waals surface area contributed by atoms with Crippen LogP contribution in [0.4, 0.5) is 0 Å². The van der Waals surface area contributed by atoms with Crippen LogP contribution in [0.15, 0.2) is 34.1 Å². The average Bonchev–Trinajstić information content (AvgIpc) is 3.08. The molecule has 0 aliphatic heterocycles. The van der Waals surface area contributed by atoms with E-state index >= 15 is 0 Å². The van der Waals surface area contributed by atoms with Gasteiger partial charge in [0.15, 0.2) is 11.5 Å². The summed E-state index contributed by atoms with van der Waals surface area (Å²) in [6, 6.07) is 3.28. The highest BCUT2D eigenvalue weighted by molar-refractivity contribution is 5.30. The summed E-state index contributed by atoms with van der Waals surface area (Å²) in [4.78, 5) is 25.7. The molecular weight excluding hydrogens is 604 g/mol. The van der Waals surface area contributed by atoms with Gasteiger partial charge in [0.2, 0.25) is 10.9 Å². The number of nitrogens with zero attached hydrogens (tertiary/aromatic N) is 2. The highest BCUT2D eigenvalue weighted by Crippen LogP contribution is 2.19. The normalized spacial score (nSPS) is 11.4. The quantitative estimate of drug-likeness (QED) is 0.0723. The van der Waals surface area contributed by atoms with E-state index in [1.165, 1.54) is 167 Å². The Morgan fingerprint density at radius 3 is 0.918 bits per heavy atom. The van der Waals surface area contributed by atoms with Gasteiger partial charge < -0.3 is 13.9 Å². The summed E-state index contributed by atoms with van der Waals surface area (Å²) in [6.07, 6.45) is 41.1. The third-order valence-electron chi connectivity index (χ3n) is 10.3. The Bertz CT molecular complexity index is 1120. The van der Waals surface area contributed by atoms with Crippen LogP contribution in [0.1, 0.15) is 205 Å². The van der Waals surface area contributed by atoms with Gasteiger partial charge >= 0.3 is 0 Å². The zero-order valence-corrected chi connectivity index (χ0v) is 32.6. The fraction of sp³-hybridized carbons (Fsp3) is 0.773. The fourth-order valence-electron chi connectivity index (χ4n) is 7.01. The minimum Gasteiger partial charge on any atom is -0.446 e. The van der Waals surface area contributed by atoms with Crippen molar-refractivity contribution in [2.45, 2.75) is 221 Å². The van der Waals surface area contributed by atoms with Gasteiger partial charge in [-0.15, -0.1) is 0 Å². The third kappa shape index (κ3) is 20.2. The van der Waals surface area contributed by atoms with Gasteiger partial charge in [-0.1, -0.05) is 181 Å². The molecule has 2 heterocycles. The van der Waals surface area contributed by atoms with Crippen LogP contribution in [-0.2, 0) is 13.1 Å². The van der Waals surface area contributed by atoms with E-state index in [-0.39, 0.29) is 22.4 Å². The monoisotopic (exact) mass is 681 g/mol. The Kier molecular flexibility index (Phi) is 24.8. The molecule has 5 nitrogen and oxygen atoms in total. The molecule has 0 aliphatic carbocycles. The summed E-state index contributed by atoms with van der Waals surface area (Å²) in [5, 5.41) is 0. The molecule has 0 aromatic carbocycles. The number of aryl methyl sites for hydroxylation is 4. The predicted molar refractivity (Wildman–Crippen MR) is 212 cm³/mol. The van der Waals surface area contributed by atoms with Gasteiger partial charge in [-0.05, 0) is 26.7 Å². The van der Waals surface area contributed by atoms with Gasteiger partial charge in [0.05, 0.1) is 12.4 Å². The molecule has 0 bridgehead atoms. The highest BCUT2D eigenvalue weighted by atomic mass is 16.5. The van der Waals surface area contributed by atoms with Crippen LogP contribution >= 0.6 is 0 Å². The Hall–Kier alpha value is -2.30. The summed E-state index contributed by atoms with van der Waals surface area (Å²) in [6.45, 7) is 10.2. The molecule has 0 atom stereocenters. The molecule has 0 spiro atoms. The van der Waals surface area contributed by atoms with E-state index in [0.29, 0.717) is 0 Å². The van der Waals surface area contributed by atoms with Crippen molar-refractivity contribution in [3.63, 3.8) is 0 Å². The number of rotatable bonds is 32. The molecule has 0 N–H and O–H groups in total. The molecule has 0 aliphatic rings. The number of ether oxygens (including phenoxy) is 1. The van der Waals surface area contributed by atoms with E-state index in [1.54, 1.807) is 24.5 Å². The number of hydrogen-bond donors (Lipinski definition) is 0. The lowest BCUT2D eigenvalue weighted by Crippen LogP contribution is -2.16. The molecule has 5 heteroatoms. The zero-order chi connectivity index (χ0) is 35.4. The van der Waals surface area contributed by atoms with E-state index < -0.39 is 0 Å². The van der Waals surface area contributed by atoms with Gasteiger partial charge in [-0.2, -0.15) is 0 Å². The van der Waals surface area contributed by atoms with Crippen LogP contribution in [0.25, 0.3) is 0 Å². The lowest BCUT2D eigenvalue weighted by Gasteiger charge is -2.15. The van der Waals surface area contributed by atoms with Crippen LogP contribution in [-0.4, -0.2) is 9.13 Å². The van der Waals surface area contributed by atoms with Crippen molar-refractivity contribution in [2.24, 2.45) is 0 Å². The first kappa shape index (κ1) is 42.9. The van der Waals surface area contributed by atoms with E-state index in [4.69, 9.17) is 4.74 Å². The summed E-state index contributed by atoms with van der Waals surface area (Å²) in [5.74, 6) is 0.472. The second kappa shape index (κ2) is 28.4. The molecule has 0 saturated carbocycles. The van der Waals surface area contributed by atoms with Crippen molar-refractivity contribution in [3.8, 4) is 11.5 Å². The first-order valence-electron chi connectivity index (χ1n) is 21.1. The van der Waals surface area contributed by atoms with Gasteiger partial charge in [0.25, 0.3) is 0 Å². The lowest BCUT2D eigenvalue weighted by atomic mass is 10.0. The van der Waals surface area contributed by atoms with E-state index in [1.807, 2.05) is 13.8 Å². The third-order valence-corrected chi connectivity index (χ3v) is 10.3. The van der Waals surface area contributed by atoms with Crippen LogP contribution in [0.3, 0.4) is 0 Å². The Balaban J connectivity index is 1.67. The second-order valence-corrected chi connectivity index (χ2v) is 15.0. The molecule has 0 radical (unpaired) electrons. The minimum absolute atomic E-state index is 0.173. The van der Waals surface area contributed by atoms with Gasteiger partial charge in [0, 0.05) is 36.6 Å². The largest absolute Gasteiger partial charge is 0.446 e. The molecule has 280 valence electrons. The van der Waals surface area contributed by atoms with Crippen molar-refractivity contribution >= 4 is 0 Å². The smallest absolute Gasteiger partial charge is 0.224 e. The van der Waals surface area contributed by atoms with Gasteiger partial charge in [0.1, 0.15) is 0 Å². The van der Waals surface area contributed by atoms with E-state index in [0.717, 1.165) is 37.3 Å². The van der Waals surface area contributed by atoms with Crippen molar-refractivity contribution < 1.29 is 4.74 Å². The molecule has 49 heavy (non-hydrogen) atoms. The average molecular weight is 681 g/mol. The van der Waals surface area contributed by atoms with Crippen molar-refractivity contribution in [2.75, 3.05) is 0 Å². The topological polar surface area (TPSA) is 53.2 Å². The molecule has 0 amide bonds. The van der Waals surface area contributed by atoms with Gasteiger partial charge in [-0.3, -0.25) is 9.59 Å². The maximum Gasteiger partial charge on any atom is 0.224 e. The van der Waals surface area contributed by atoms with E-state index in [9.17, 15) is 9.59 Å². The molecule has 2 rings (SSSR count).